The van der Waals surface area contributed by atoms with Crippen LogP contribution in [0.2, 0.25) is 0 Å². The standard InChI is InChI=1S/C20H28N4O6/c1-20(2,3)30-19(26)23-12-16(22-29-13-14-7-5-4-6-8-14)15(9-10-24(27)28)11-17(23)18(21)25/h4-8,11,16-17,22H,9-10,12-13H2,1-3H3,(H2,21,25)/t16-,17+/m0/s1. The van der Waals surface area contributed by atoms with Crippen molar-refractivity contribution in [2.24, 2.45) is 5.73 Å². The lowest BCUT2D eigenvalue weighted by Gasteiger charge is -2.38. The van der Waals surface area contributed by atoms with Crippen LogP contribution in [0.5, 0.6) is 0 Å². The molecule has 0 saturated heterocycles. The lowest BCUT2D eigenvalue weighted by molar-refractivity contribution is -0.479. The number of hydroxylamine groups is 1. The van der Waals surface area contributed by atoms with Crippen LogP contribution in [0.3, 0.4) is 0 Å². The summed E-state index contributed by atoms with van der Waals surface area (Å²) in [5.41, 5.74) is 9.08. The molecule has 1 aromatic rings. The molecule has 0 spiro atoms. The van der Waals surface area contributed by atoms with Crippen molar-refractivity contribution in [2.45, 2.75) is 51.5 Å². The molecular weight excluding hydrogens is 392 g/mol. The zero-order valence-electron chi connectivity index (χ0n) is 17.4. The van der Waals surface area contributed by atoms with Crippen molar-refractivity contribution >= 4 is 12.0 Å². The zero-order chi connectivity index (χ0) is 22.3. The first-order chi connectivity index (χ1) is 14.1. The summed E-state index contributed by atoms with van der Waals surface area (Å²) in [5.74, 6) is -0.747. The first-order valence-electron chi connectivity index (χ1n) is 9.59. The van der Waals surface area contributed by atoms with Gasteiger partial charge in [-0.2, -0.15) is 5.48 Å². The van der Waals surface area contributed by atoms with Gasteiger partial charge in [0, 0.05) is 17.9 Å². The second kappa shape index (κ2) is 10.2. The van der Waals surface area contributed by atoms with Crippen molar-refractivity contribution in [1.82, 2.24) is 10.4 Å². The van der Waals surface area contributed by atoms with Crippen molar-refractivity contribution in [2.75, 3.05) is 13.1 Å². The summed E-state index contributed by atoms with van der Waals surface area (Å²) in [4.78, 5) is 41.8. The SMILES string of the molecule is CC(C)(C)OC(=O)N1C[C@H](NOCc2ccccc2)C(CC[N+](=O)[O-])=C[C@@H]1C(N)=O. The predicted molar refractivity (Wildman–Crippen MR) is 109 cm³/mol. The maximum absolute atomic E-state index is 12.6. The largest absolute Gasteiger partial charge is 0.444 e. The topological polar surface area (TPSA) is 137 Å². The molecule has 3 N–H and O–H groups in total. The highest BCUT2D eigenvalue weighted by atomic mass is 16.6. The van der Waals surface area contributed by atoms with Crippen LogP contribution in [-0.2, 0) is 21.0 Å². The van der Waals surface area contributed by atoms with Gasteiger partial charge >= 0.3 is 6.09 Å². The molecule has 30 heavy (non-hydrogen) atoms. The number of ether oxygens (including phenoxy) is 1. The number of nitrogens with two attached hydrogens (primary N) is 1. The highest BCUT2D eigenvalue weighted by Crippen LogP contribution is 2.23. The summed E-state index contributed by atoms with van der Waals surface area (Å²) in [6.45, 7) is 5.09. The average molecular weight is 420 g/mol. The van der Waals surface area contributed by atoms with Crippen LogP contribution in [0.15, 0.2) is 42.0 Å². The van der Waals surface area contributed by atoms with Crippen LogP contribution < -0.4 is 11.2 Å². The molecule has 0 aromatic heterocycles. The van der Waals surface area contributed by atoms with Gasteiger partial charge in [-0.05, 0) is 31.9 Å². The molecule has 0 radical (unpaired) electrons. The second-order valence-electron chi connectivity index (χ2n) is 7.97. The van der Waals surface area contributed by atoms with Gasteiger partial charge in [-0.25, -0.2) is 4.79 Å². The van der Waals surface area contributed by atoms with Gasteiger partial charge in [0.2, 0.25) is 12.5 Å². The molecule has 164 valence electrons. The first-order valence-corrected chi connectivity index (χ1v) is 9.59. The molecule has 1 aliphatic rings. The minimum atomic E-state index is -1.06. The van der Waals surface area contributed by atoms with E-state index in [1.165, 1.54) is 11.0 Å². The highest BCUT2D eigenvalue weighted by Gasteiger charge is 2.37. The Morgan fingerprint density at radius 2 is 1.97 bits per heavy atom. The number of nitrogens with zero attached hydrogens (tertiary/aromatic N) is 2. The smallest absolute Gasteiger partial charge is 0.411 e. The van der Waals surface area contributed by atoms with Gasteiger partial charge in [0.25, 0.3) is 0 Å². The van der Waals surface area contributed by atoms with Crippen molar-refractivity contribution in [3.8, 4) is 0 Å². The molecule has 1 heterocycles. The van der Waals surface area contributed by atoms with Crippen molar-refractivity contribution in [3.63, 3.8) is 0 Å². The Labute approximate surface area is 175 Å². The van der Waals surface area contributed by atoms with E-state index in [2.05, 4.69) is 5.48 Å². The summed E-state index contributed by atoms with van der Waals surface area (Å²) < 4.78 is 5.39. The third-order valence-electron chi connectivity index (χ3n) is 4.34. The molecule has 0 unspecified atom stereocenters. The molecule has 1 aliphatic heterocycles. The maximum atomic E-state index is 12.6. The van der Waals surface area contributed by atoms with Crippen LogP contribution in [-0.4, -0.2) is 52.6 Å². The molecule has 2 amide bonds. The third kappa shape index (κ3) is 7.12. The minimum absolute atomic E-state index is 0.0147. The maximum Gasteiger partial charge on any atom is 0.411 e. The number of nitro groups is 1. The molecule has 0 fully saturated rings. The van der Waals surface area contributed by atoms with Crippen LogP contribution in [0.25, 0.3) is 0 Å². The summed E-state index contributed by atoms with van der Waals surface area (Å²) in [5, 5.41) is 10.8. The van der Waals surface area contributed by atoms with E-state index in [1.807, 2.05) is 30.3 Å². The molecular formula is C20H28N4O6. The van der Waals surface area contributed by atoms with Crippen LogP contribution in [0.4, 0.5) is 4.79 Å². The molecule has 0 bridgehead atoms. The molecule has 0 aliphatic carbocycles. The van der Waals surface area contributed by atoms with Crippen LogP contribution in [0, 0.1) is 10.1 Å². The highest BCUT2D eigenvalue weighted by molar-refractivity contribution is 5.87. The van der Waals surface area contributed by atoms with E-state index in [9.17, 15) is 19.7 Å². The van der Waals surface area contributed by atoms with Crippen LogP contribution in [0.1, 0.15) is 32.8 Å². The van der Waals surface area contributed by atoms with E-state index in [0.717, 1.165) is 5.56 Å². The lowest BCUT2D eigenvalue weighted by atomic mass is 9.95. The summed E-state index contributed by atoms with van der Waals surface area (Å²) in [6, 6.07) is 7.81. The van der Waals surface area contributed by atoms with E-state index < -0.39 is 34.6 Å². The van der Waals surface area contributed by atoms with Crippen LogP contribution >= 0.6 is 0 Å². The Kier molecular flexibility index (Phi) is 7.90. The quantitative estimate of drug-likeness (QED) is 0.371. The number of amides is 2. The zero-order valence-corrected chi connectivity index (χ0v) is 17.4. The fraction of sp³-hybridized carbons (Fsp3) is 0.500. The monoisotopic (exact) mass is 420 g/mol. The van der Waals surface area contributed by atoms with Crippen molar-refractivity contribution < 1.29 is 24.1 Å². The van der Waals surface area contributed by atoms with E-state index in [1.54, 1.807) is 20.8 Å². The number of primary amides is 1. The fourth-order valence-electron chi connectivity index (χ4n) is 2.97. The van der Waals surface area contributed by atoms with Gasteiger partial charge in [-0.15, -0.1) is 0 Å². The summed E-state index contributed by atoms with van der Waals surface area (Å²) in [7, 11) is 0. The number of hydrogen-bond acceptors (Lipinski definition) is 7. The van der Waals surface area contributed by atoms with Crippen molar-refractivity contribution in [3.05, 3.63) is 57.7 Å². The summed E-state index contributed by atoms with van der Waals surface area (Å²) >= 11 is 0. The number of benzene rings is 1. The Bertz CT molecular complexity index is 790. The predicted octanol–water partition coefficient (Wildman–Crippen LogP) is 1.77. The number of rotatable bonds is 8. The van der Waals surface area contributed by atoms with E-state index >= 15 is 0 Å². The molecule has 0 saturated carbocycles. The van der Waals surface area contributed by atoms with Gasteiger partial charge < -0.3 is 10.5 Å². The average Bonchev–Trinajstić information content (AvgIpc) is 2.65. The Morgan fingerprint density at radius 1 is 1.30 bits per heavy atom. The molecule has 2 atom stereocenters. The van der Waals surface area contributed by atoms with Crippen molar-refractivity contribution in [1.29, 1.82) is 0 Å². The summed E-state index contributed by atoms with van der Waals surface area (Å²) in [6.07, 6.45) is 0.861. The first kappa shape index (κ1) is 23.3. The van der Waals surface area contributed by atoms with E-state index in [4.69, 9.17) is 15.3 Å². The molecule has 10 heteroatoms. The number of carbonyl (C=O) groups is 2. The van der Waals surface area contributed by atoms with Gasteiger partial charge in [0.1, 0.15) is 11.6 Å². The Balaban J connectivity index is 2.19. The van der Waals surface area contributed by atoms with Gasteiger partial charge in [0.15, 0.2) is 0 Å². The molecule has 2 rings (SSSR count). The van der Waals surface area contributed by atoms with Gasteiger partial charge in [-0.3, -0.25) is 24.6 Å². The van der Waals surface area contributed by atoms with E-state index in [0.29, 0.717) is 5.57 Å². The number of hydrogen-bond donors (Lipinski definition) is 2. The molecule has 1 aromatic carbocycles. The van der Waals surface area contributed by atoms with Gasteiger partial charge in [0.05, 0.1) is 12.6 Å². The second-order valence-corrected chi connectivity index (χ2v) is 7.97. The normalized spacial score (nSPS) is 19.2. The third-order valence-corrected chi connectivity index (χ3v) is 4.34. The molecule has 10 nitrogen and oxygen atoms in total. The number of nitrogens with one attached hydrogen (secondary N) is 1. The van der Waals surface area contributed by atoms with E-state index in [-0.39, 0.29) is 26.1 Å². The Morgan fingerprint density at radius 3 is 2.53 bits per heavy atom. The number of carbonyl (C=O) groups excluding carboxylic acids is 2. The fourth-order valence-corrected chi connectivity index (χ4v) is 2.97. The Hall–Kier alpha value is -2.98. The lowest BCUT2D eigenvalue weighted by Crippen LogP contribution is -2.57. The minimum Gasteiger partial charge on any atom is -0.444 e. The van der Waals surface area contributed by atoms with Gasteiger partial charge in [-0.1, -0.05) is 36.4 Å².